The first kappa shape index (κ1) is 14.8. The van der Waals surface area contributed by atoms with Crippen LogP contribution in [0.25, 0.3) is 22.4 Å². The smallest absolute Gasteiger partial charge is 0.178 e. The number of hydrogen-bond acceptors (Lipinski definition) is 3. The molecule has 0 fully saturated rings. The Labute approximate surface area is 145 Å². The van der Waals surface area contributed by atoms with E-state index in [4.69, 9.17) is 16.6 Å². The Bertz CT molecular complexity index is 997. The maximum Gasteiger partial charge on any atom is 0.178 e. The van der Waals surface area contributed by atoms with Gasteiger partial charge in [-0.15, -0.1) is 0 Å². The van der Waals surface area contributed by atoms with E-state index in [-0.39, 0.29) is 0 Å². The van der Waals surface area contributed by atoms with E-state index in [0.29, 0.717) is 5.82 Å². The number of hydrogen-bond donors (Lipinski definition) is 0. The number of pyridine rings is 1. The Morgan fingerprint density at radius 2 is 1.62 bits per heavy atom. The van der Waals surface area contributed by atoms with Crippen molar-refractivity contribution >= 4 is 22.5 Å². The molecule has 2 aromatic carbocycles. The van der Waals surface area contributed by atoms with Crippen molar-refractivity contribution < 1.29 is 0 Å². The van der Waals surface area contributed by atoms with E-state index < -0.39 is 0 Å². The van der Waals surface area contributed by atoms with Gasteiger partial charge in [0.25, 0.3) is 0 Å². The van der Waals surface area contributed by atoms with Gasteiger partial charge in [-0.25, -0.2) is 15.0 Å². The van der Waals surface area contributed by atoms with Crippen LogP contribution in [0.3, 0.4) is 0 Å². The molecule has 116 valence electrons. The normalized spacial score (nSPS) is 10.9. The number of benzene rings is 2. The summed E-state index contributed by atoms with van der Waals surface area (Å²) in [4.78, 5) is 13.8. The molecule has 24 heavy (non-hydrogen) atoms. The average molecular weight is 332 g/mol. The van der Waals surface area contributed by atoms with Crippen LogP contribution in [0.1, 0.15) is 11.3 Å². The summed E-state index contributed by atoms with van der Waals surface area (Å²) in [5, 5.41) is 1.77. The lowest BCUT2D eigenvalue weighted by molar-refractivity contribution is 1.06. The molecular weight excluding hydrogens is 318 g/mol. The molecule has 0 atom stereocenters. The second-order valence-corrected chi connectivity index (χ2v) is 6.01. The standard InChI is InChI=1S/C20H14ClN3/c21-16-10-8-14(9-11-16)12-17-5-3-7-19(23-17)20-22-13-15-4-1-2-6-18(15)24-20/h1-11,13H,12H2. The Morgan fingerprint density at radius 3 is 2.50 bits per heavy atom. The van der Waals surface area contributed by atoms with Crippen molar-refractivity contribution in [2.45, 2.75) is 6.42 Å². The van der Waals surface area contributed by atoms with E-state index >= 15 is 0 Å². The van der Waals surface area contributed by atoms with Gasteiger partial charge in [-0.1, -0.05) is 48.0 Å². The fraction of sp³-hybridized carbons (Fsp3) is 0.0500. The number of para-hydroxylation sites is 1. The second kappa shape index (κ2) is 6.38. The Hall–Kier alpha value is -2.78. The zero-order chi connectivity index (χ0) is 16.4. The van der Waals surface area contributed by atoms with Crippen LogP contribution in [0.2, 0.25) is 5.02 Å². The summed E-state index contributed by atoms with van der Waals surface area (Å²) in [5.74, 6) is 0.645. The lowest BCUT2D eigenvalue weighted by Crippen LogP contribution is -1.97. The minimum absolute atomic E-state index is 0.645. The summed E-state index contributed by atoms with van der Waals surface area (Å²) in [6.45, 7) is 0. The largest absolute Gasteiger partial charge is 0.249 e. The van der Waals surface area contributed by atoms with Crippen LogP contribution in [0, 0.1) is 0 Å². The quantitative estimate of drug-likeness (QED) is 0.534. The molecule has 2 aromatic heterocycles. The third-order valence-corrected chi connectivity index (χ3v) is 4.08. The number of aromatic nitrogens is 3. The first-order valence-corrected chi connectivity index (χ1v) is 8.08. The molecule has 4 heteroatoms. The SMILES string of the molecule is Clc1ccc(Cc2cccc(-c3ncc4ccccc4n3)n2)cc1. The van der Waals surface area contributed by atoms with Crippen molar-refractivity contribution in [3.8, 4) is 11.5 Å². The van der Waals surface area contributed by atoms with E-state index in [1.54, 1.807) is 0 Å². The predicted octanol–water partition coefficient (Wildman–Crippen LogP) is 4.94. The molecule has 4 aromatic rings. The van der Waals surface area contributed by atoms with Crippen LogP contribution < -0.4 is 0 Å². The molecule has 0 aliphatic heterocycles. The number of halogens is 1. The van der Waals surface area contributed by atoms with Gasteiger partial charge in [0.2, 0.25) is 0 Å². The summed E-state index contributed by atoms with van der Waals surface area (Å²) in [5.41, 5.74) is 3.86. The molecule has 0 bridgehead atoms. The highest BCUT2D eigenvalue weighted by Gasteiger charge is 2.06. The van der Waals surface area contributed by atoms with Gasteiger partial charge in [-0.2, -0.15) is 0 Å². The van der Waals surface area contributed by atoms with Gasteiger partial charge in [0.15, 0.2) is 5.82 Å². The first-order valence-electron chi connectivity index (χ1n) is 7.70. The van der Waals surface area contributed by atoms with Crippen molar-refractivity contribution in [1.29, 1.82) is 0 Å². The molecule has 0 saturated heterocycles. The summed E-state index contributed by atoms with van der Waals surface area (Å²) < 4.78 is 0. The topological polar surface area (TPSA) is 38.7 Å². The fourth-order valence-corrected chi connectivity index (χ4v) is 2.74. The average Bonchev–Trinajstić information content (AvgIpc) is 2.63. The van der Waals surface area contributed by atoms with Crippen molar-refractivity contribution in [3.05, 3.63) is 89.2 Å². The molecule has 0 spiro atoms. The molecule has 0 unspecified atom stereocenters. The van der Waals surface area contributed by atoms with Crippen molar-refractivity contribution in [2.24, 2.45) is 0 Å². The van der Waals surface area contributed by atoms with Crippen LogP contribution in [0.4, 0.5) is 0 Å². The summed E-state index contributed by atoms with van der Waals surface area (Å²) >= 11 is 5.94. The minimum Gasteiger partial charge on any atom is -0.249 e. The number of rotatable bonds is 3. The molecule has 3 nitrogen and oxygen atoms in total. The van der Waals surface area contributed by atoms with Gasteiger partial charge in [0, 0.05) is 28.7 Å². The van der Waals surface area contributed by atoms with Crippen LogP contribution in [0.5, 0.6) is 0 Å². The third kappa shape index (κ3) is 3.12. The van der Waals surface area contributed by atoms with Crippen LogP contribution in [0.15, 0.2) is 72.9 Å². The number of fused-ring (bicyclic) bond motifs is 1. The zero-order valence-corrected chi connectivity index (χ0v) is 13.6. The van der Waals surface area contributed by atoms with Gasteiger partial charge in [0.05, 0.1) is 5.52 Å². The lowest BCUT2D eigenvalue weighted by atomic mass is 10.1. The van der Waals surface area contributed by atoms with E-state index in [0.717, 1.165) is 33.7 Å². The Morgan fingerprint density at radius 1 is 0.792 bits per heavy atom. The van der Waals surface area contributed by atoms with Gasteiger partial charge < -0.3 is 0 Å². The highest BCUT2D eigenvalue weighted by atomic mass is 35.5. The molecular formula is C20H14ClN3. The first-order chi connectivity index (χ1) is 11.8. The highest BCUT2D eigenvalue weighted by Crippen LogP contribution is 2.18. The molecule has 0 aliphatic rings. The highest BCUT2D eigenvalue weighted by molar-refractivity contribution is 6.30. The Kier molecular flexibility index (Phi) is 3.93. The maximum absolute atomic E-state index is 5.94. The summed E-state index contributed by atoms with van der Waals surface area (Å²) in [7, 11) is 0. The van der Waals surface area contributed by atoms with Crippen molar-refractivity contribution in [2.75, 3.05) is 0 Å². The van der Waals surface area contributed by atoms with Gasteiger partial charge in [0.1, 0.15) is 5.69 Å². The third-order valence-electron chi connectivity index (χ3n) is 3.82. The van der Waals surface area contributed by atoms with Crippen LogP contribution in [-0.4, -0.2) is 15.0 Å². The van der Waals surface area contributed by atoms with E-state index in [2.05, 4.69) is 9.97 Å². The summed E-state index contributed by atoms with van der Waals surface area (Å²) in [6.07, 6.45) is 2.59. The van der Waals surface area contributed by atoms with E-state index in [1.807, 2.05) is 72.9 Å². The second-order valence-electron chi connectivity index (χ2n) is 5.57. The monoisotopic (exact) mass is 331 g/mol. The van der Waals surface area contributed by atoms with E-state index in [1.165, 1.54) is 5.56 Å². The fourth-order valence-electron chi connectivity index (χ4n) is 2.61. The molecule has 0 radical (unpaired) electrons. The van der Waals surface area contributed by atoms with Crippen LogP contribution >= 0.6 is 11.6 Å². The van der Waals surface area contributed by atoms with Crippen LogP contribution in [-0.2, 0) is 6.42 Å². The predicted molar refractivity (Wildman–Crippen MR) is 97.0 cm³/mol. The molecule has 2 heterocycles. The molecule has 0 aliphatic carbocycles. The zero-order valence-electron chi connectivity index (χ0n) is 12.9. The molecule has 0 saturated carbocycles. The van der Waals surface area contributed by atoms with Gasteiger partial charge >= 0.3 is 0 Å². The maximum atomic E-state index is 5.94. The van der Waals surface area contributed by atoms with Crippen molar-refractivity contribution in [1.82, 2.24) is 15.0 Å². The van der Waals surface area contributed by atoms with Crippen molar-refractivity contribution in [3.63, 3.8) is 0 Å². The minimum atomic E-state index is 0.645. The van der Waals surface area contributed by atoms with E-state index in [9.17, 15) is 0 Å². The molecule has 0 amide bonds. The summed E-state index contributed by atoms with van der Waals surface area (Å²) in [6, 6.07) is 21.7. The molecule has 0 N–H and O–H groups in total. The van der Waals surface area contributed by atoms with Gasteiger partial charge in [-0.3, -0.25) is 0 Å². The Balaban J connectivity index is 1.67. The lowest BCUT2D eigenvalue weighted by Gasteiger charge is -2.05. The number of nitrogens with zero attached hydrogens (tertiary/aromatic N) is 3. The van der Waals surface area contributed by atoms with Gasteiger partial charge in [-0.05, 0) is 35.9 Å². The molecule has 4 rings (SSSR count).